The lowest BCUT2D eigenvalue weighted by Gasteiger charge is -2.36. The number of anilines is 2. The predicted octanol–water partition coefficient (Wildman–Crippen LogP) is 4.46. The van der Waals surface area contributed by atoms with Crippen molar-refractivity contribution in [1.82, 2.24) is 30.0 Å². The van der Waals surface area contributed by atoms with Crippen LogP contribution in [0.1, 0.15) is 53.5 Å². The molecule has 2 N–H and O–H groups in total. The number of aromatic nitrogens is 4. The molecule has 0 bridgehead atoms. The minimum atomic E-state index is -0.469. The van der Waals surface area contributed by atoms with Crippen LogP contribution in [0.2, 0.25) is 0 Å². The Morgan fingerprint density at radius 3 is 1.91 bits per heavy atom. The van der Waals surface area contributed by atoms with Crippen molar-refractivity contribution in [1.29, 1.82) is 10.5 Å². The number of nitrogens with zero attached hydrogens (tertiary/aromatic N) is 9. The molecule has 56 heavy (non-hydrogen) atoms. The number of aromatic hydroxyl groups is 1. The lowest BCUT2D eigenvalue weighted by Crippen LogP contribution is -2.50. The summed E-state index contributed by atoms with van der Waals surface area (Å²) >= 11 is 0. The van der Waals surface area contributed by atoms with Gasteiger partial charge in [-0.1, -0.05) is 12.1 Å². The standard InChI is InChI=1S/C26H22N6O3.C15H20N4O2/c27-15-18-4-7-24(28-16-18)31-8-10-32(11-9-31)26(35)19-3-1-2-17(12-19)13-23-22-14-20(33)5-6-21(22)25(34)30-29-23;1-15(2,3)21-14(20)19-8-6-18(7-9-19)13-5-4-12(10-16)11-17-13/h1-7,12,14,16,33H,8-11,13H2,(H,30,34);4-5,11H,6-9H2,1-3H3. The number of fused-ring (bicyclic) bond motifs is 1. The van der Waals surface area contributed by atoms with E-state index in [1.54, 1.807) is 41.6 Å². The summed E-state index contributed by atoms with van der Waals surface area (Å²) in [5, 5.41) is 35.3. The maximum Gasteiger partial charge on any atom is 0.410 e. The second-order valence-corrected chi connectivity index (χ2v) is 14.4. The number of nitrogens with one attached hydrogen (secondary N) is 1. The van der Waals surface area contributed by atoms with Gasteiger partial charge in [0.25, 0.3) is 11.5 Å². The van der Waals surface area contributed by atoms with Crippen LogP contribution in [-0.2, 0) is 11.2 Å². The third-order valence-electron chi connectivity index (χ3n) is 9.30. The van der Waals surface area contributed by atoms with Crippen molar-refractivity contribution in [3.05, 3.63) is 117 Å². The van der Waals surface area contributed by atoms with Gasteiger partial charge in [-0.25, -0.2) is 19.9 Å². The van der Waals surface area contributed by atoms with E-state index in [-0.39, 0.29) is 23.3 Å². The van der Waals surface area contributed by atoms with Gasteiger partial charge in [0.15, 0.2) is 0 Å². The smallest absolute Gasteiger partial charge is 0.410 e. The average molecular weight is 755 g/mol. The molecular weight excluding hydrogens is 713 g/mol. The Bertz CT molecular complexity index is 2330. The molecule has 15 nitrogen and oxygen atoms in total. The van der Waals surface area contributed by atoms with Crippen LogP contribution < -0.4 is 15.4 Å². The molecule has 286 valence electrons. The first-order chi connectivity index (χ1) is 26.9. The van der Waals surface area contributed by atoms with Gasteiger partial charge in [-0.3, -0.25) is 9.59 Å². The summed E-state index contributed by atoms with van der Waals surface area (Å²) < 4.78 is 5.37. The van der Waals surface area contributed by atoms with Gasteiger partial charge >= 0.3 is 6.09 Å². The third kappa shape index (κ3) is 9.56. The highest BCUT2D eigenvalue weighted by molar-refractivity contribution is 5.94. The van der Waals surface area contributed by atoms with Gasteiger partial charge in [-0.05, 0) is 80.9 Å². The van der Waals surface area contributed by atoms with Gasteiger partial charge in [0.1, 0.15) is 35.1 Å². The zero-order valence-corrected chi connectivity index (χ0v) is 31.5. The topological polar surface area (TPSA) is 196 Å². The monoisotopic (exact) mass is 754 g/mol. The van der Waals surface area contributed by atoms with E-state index in [2.05, 4.69) is 42.1 Å². The van der Waals surface area contributed by atoms with E-state index < -0.39 is 5.60 Å². The number of rotatable bonds is 5. The Labute approximate surface area is 324 Å². The van der Waals surface area contributed by atoms with Crippen LogP contribution in [0, 0.1) is 22.7 Å². The SMILES string of the molecule is CC(C)(C)OC(=O)N1CCN(c2ccc(C#N)cn2)CC1.N#Cc1ccc(N2CCN(C(=O)c3cccc(Cc4n[nH]c(=O)c5ccc(O)cc45)c3)CC2)nc1. The Morgan fingerprint density at radius 2 is 1.38 bits per heavy atom. The van der Waals surface area contributed by atoms with Crippen LogP contribution in [0.25, 0.3) is 10.8 Å². The van der Waals surface area contributed by atoms with Crippen molar-refractivity contribution in [2.24, 2.45) is 0 Å². The van der Waals surface area contributed by atoms with E-state index in [0.29, 0.717) is 91.9 Å². The fourth-order valence-electron chi connectivity index (χ4n) is 6.39. The number of carbonyl (C=O) groups excluding carboxylic acids is 2. The summed E-state index contributed by atoms with van der Waals surface area (Å²) in [4.78, 5) is 53.6. The van der Waals surface area contributed by atoms with Gasteiger partial charge in [0, 0.05) is 82.1 Å². The van der Waals surface area contributed by atoms with Gasteiger partial charge in [-0.15, -0.1) is 0 Å². The number of hydrogen-bond acceptors (Lipinski definition) is 12. The zero-order chi connectivity index (χ0) is 39.8. The summed E-state index contributed by atoms with van der Waals surface area (Å²) in [5.74, 6) is 1.64. The van der Waals surface area contributed by atoms with Crippen LogP contribution in [0.5, 0.6) is 5.75 Å². The van der Waals surface area contributed by atoms with Gasteiger partial charge < -0.3 is 29.4 Å². The molecule has 0 atom stereocenters. The Hall–Kier alpha value is -7.00. The normalized spacial score (nSPS) is 14.3. The molecule has 2 aliphatic rings. The van der Waals surface area contributed by atoms with Crippen molar-refractivity contribution >= 4 is 34.4 Å². The van der Waals surface area contributed by atoms with Crippen LogP contribution in [0.3, 0.4) is 0 Å². The summed E-state index contributed by atoms with van der Waals surface area (Å²) in [6, 6.07) is 23.2. The molecule has 0 saturated carbocycles. The molecule has 0 radical (unpaired) electrons. The molecule has 2 aromatic carbocycles. The van der Waals surface area contributed by atoms with Crippen LogP contribution in [-0.4, -0.2) is 105 Å². The van der Waals surface area contributed by atoms with Crippen LogP contribution in [0.4, 0.5) is 16.4 Å². The molecule has 15 heteroatoms. The molecule has 2 amide bonds. The number of aromatic amines is 1. The number of H-pyrrole nitrogens is 1. The third-order valence-corrected chi connectivity index (χ3v) is 9.30. The van der Waals surface area contributed by atoms with Gasteiger partial charge in [-0.2, -0.15) is 15.6 Å². The Kier molecular flexibility index (Phi) is 11.7. The quantitative estimate of drug-likeness (QED) is 0.256. The first kappa shape index (κ1) is 38.7. The minimum absolute atomic E-state index is 0.0452. The van der Waals surface area contributed by atoms with E-state index in [9.17, 15) is 19.5 Å². The number of benzene rings is 2. The second kappa shape index (κ2) is 17.0. The highest BCUT2D eigenvalue weighted by Crippen LogP contribution is 2.23. The number of ether oxygens (including phenoxy) is 1. The molecule has 2 aliphatic heterocycles. The van der Waals surface area contributed by atoms with Crippen molar-refractivity contribution in [3.8, 4) is 17.9 Å². The highest BCUT2D eigenvalue weighted by atomic mass is 16.6. The van der Waals surface area contributed by atoms with E-state index >= 15 is 0 Å². The summed E-state index contributed by atoms with van der Waals surface area (Å²) in [6.45, 7) is 10.7. The molecule has 0 spiro atoms. The zero-order valence-electron chi connectivity index (χ0n) is 31.5. The fraction of sp³-hybridized carbons (Fsp3) is 0.317. The number of phenols is 1. The first-order valence-electron chi connectivity index (χ1n) is 18.2. The van der Waals surface area contributed by atoms with E-state index in [0.717, 1.165) is 17.2 Å². The Morgan fingerprint density at radius 1 is 0.786 bits per heavy atom. The second-order valence-electron chi connectivity index (χ2n) is 14.4. The maximum atomic E-state index is 13.2. The maximum absolute atomic E-state index is 13.2. The van der Waals surface area contributed by atoms with E-state index in [1.807, 2.05) is 56.0 Å². The first-order valence-corrected chi connectivity index (χ1v) is 18.2. The molecule has 7 rings (SSSR count). The highest BCUT2D eigenvalue weighted by Gasteiger charge is 2.27. The molecule has 5 aromatic rings. The average Bonchev–Trinajstić information content (AvgIpc) is 3.21. The minimum Gasteiger partial charge on any atom is -0.508 e. The molecule has 3 aromatic heterocycles. The van der Waals surface area contributed by atoms with E-state index in [1.165, 1.54) is 12.1 Å². The number of hydrogen-bond donors (Lipinski definition) is 2. The largest absolute Gasteiger partial charge is 0.508 e. The number of carbonyl (C=O) groups is 2. The molecule has 2 fully saturated rings. The number of piperazine rings is 2. The van der Waals surface area contributed by atoms with Gasteiger partial charge in [0.2, 0.25) is 0 Å². The number of amides is 2. The van der Waals surface area contributed by atoms with E-state index in [4.69, 9.17) is 15.3 Å². The molecular formula is C41H42N10O5. The fourth-order valence-corrected chi connectivity index (χ4v) is 6.39. The molecule has 0 aliphatic carbocycles. The van der Waals surface area contributed by atoms with Crippen LogP contribution >= 0.6 is 0 Å². The number of pyridine rings is 2. The number of phenolic OH excluding ortho intramolecular Hbond substituents is 1. The predicted molar refractivity (Wildman–Crippen MR) is 209 cm³/mol. The molecule has 0 unspecified atom stereocenters. The van der Waals surface area contributed by atoms with Gasteiger partial charge in [0.05, 0.1) is 22.2 Å². The summed E-state index contributed by atoms with van der Waals surface area (Å²) in [7, 11) is 0. The lowest BCUT2D eigenvalue weighted by atomic mass is 10.0. The summed E-state index contributed by atoms with van der Waals surface area (Å²) in [6.07, 6.45) is 3.25. The molecule has 2 saturated heterocycles. The van der Waals surface area contributed by atoms with Crippen molar-refractivity contribution in [2.75, 3.05) is 62.2 Å². The number of nitriles is 2. The lowest BCUT2D eigenvalue weighted by molar-refractivity contribution is 0.0240. The van der Waals surface area contributed by atoms with Crippen molar-refractivity contribution in [3.63, 3.8) is 0 Å². The van der Waals surface area contributed by atoms with Crippen molar-refractivity contribution < 1.29 is 19.4 Å². The molecule has 5 heterocycles. The Balaban J connectivity index is 0.000000217. The van der Waals surface area contributed by atoms with Crippen molar-refractivity contribution in [2.45, 2.75) is 32.8 Å². The van der Waals surface area contributed by atoms with Crippen LogP contribution in [0.15, 0.2) is 83.9 Å². The summed E-state index contributed by atoms with van der Waals surface area (Å²) in [5.41, 5.74) is 2.36.